The Hall–Kier alpha value is -0.680. The molecule has 0 aliphatic carbocycles. The first kappa shape index (κ1) is 11.4. The van der Waals surface area contributed by atoms with Crippen molar-refractivity contribution in [3.63, 3.8) is 0 Å². The summed E-state index contributed by atoms with van der Waals surface area (Å²) in [6.07, 6.45) is -3.24. The molecule has 1 rings (SSSR count). The third-order valence-corrected chi connectivity index (χ3v) is 1.97. The molecule has 0 radical (unpaired) electrons. The van der Waals surface area contributed by atoms with Gasteiger partial charge in [-0.05, 0) is 6.07 Å². The fourth-order valence-electron chi connectivity index (χ4n) is 0.790. The third kappa shape index (κ3) is 2.92. The van der Waals surface area contributed by atoms with Crippen molar-refractivity contribution in [3.8, 4) is 0 Å². The Morgan fingerprint density at radius 3 is 2.64 bits per heavy atom. The molecule has 0 N–H and O–H groups in total. The van der Waals surface area contributed by atoms with Crippen LogP contribution in [0.25, 0.3) is 0 Å². The Morgan fingerprint density at radius 1 is 1.57 bits per heavy atom. The van der Waals surface area contributed by atoms with Crippen molar-refractivity contribution < 1.29 is 13.2 Å². The van der Waals surface area contributed by atoms with Gasteiger partial charge < -0.3 is 0 Å². The predicted octanol–water partition coefficient (Wildman–Crippen LogP) is 3.22. The van der Waals surface area contributed by atoms with Crippen molar-refractivity contribution in [1.29, 1.82) is 0 Å². The first-order valence-electron chi connectivity index (χ1n) is 3.49. The van der Waals surface area contributed by atoms with E-state index in [4.69, 9.17) is 23.2 Å². The lowest BCUT2D eigenvalue weighted by Gasteiger charge is -2.01. The zero-order chi connectivity index (χ0) is 10.8. The molecule has 0 saturated heterocycles. The van der Waals surface area contributed by atoms with E-state index in [1.165, 1.54) is 6.20 Å². The number of allylic oxidation sites excluding steroid dienone is 1. The van der Waals surface area contributed by atoms with Gasteiger partial charge in [-0.15, -0.1) is 0 Å². The first-order valence-corrected chi connectivity index (χ1v) is 4.30. The van der Waals surface area contributed by atoms with Crippen molar-refractivity contribution in [2.75, 3.05) is 0 Å². The van der Waals surface area contributed by atoms with Crippen molar-refractivity contribution in [2.24, 2.45) is 0 Å². The van der Waals surface area contributed by atoms with Crippen LogP contribution in [0.4, 0.5) is 13.2 Å². The van der Waals surface area contributed by atoms with Gasteiger partial charge in [0, 0.05) is 11.7 Å². The lowest BCUT2D eigenvalue weighted by atomic mass is 10.4. The average Bonchev–Trinajstić information content (AvgIpc) is 2.51. The molecule has 0 aliphatic rings. The maximum absolute atomic E-state index is 12.1. The number of rotatable bonds is 2. The Kier molecular flexibility index (Phi) is 3.44. The Morgan fingerprint density at radius 2 is 2.21 bits per heavy atom. The van der Waals surface area contributed by atoms with Crippen LogP contribution in [-0.2, 0) is 12.7 Å². The molecule has 7 heteroatoms. The molecule has 1 aromatic heterocycles. The Labute approximate surface area is 87.9 Å². The molecule has 0 bridgehead atoms. The Bertz CT molecular complexity index is 343. The predicted molar refractivity (Wildman–Crippen MR) is 47.0 cm³/mol. The fraction of sp³-hybridized carbons (Fsp3) is 0.286. The summed E-state index contributed by atoms with van der Waals surface area (Å²) in [4.78, 5) is 0. The van der Waals surface area contributed by atoms with E-state index in [2.05, 4.69) is 5.10 Å². The highest BCUT2D eigenvalue weighted by atomic mass is 35.5. The molecule has 2 nitrogen and oxygen atoms in total. The van der Waals surface area contributed by atoms with Crippen molar-refractivity contribution in [1.82, 2.24) is 9.78 Å². The molecule has 1 heterocycles. The van der Waals surface area contributed by atoms with Crippen molar-refractivity contribution in [3.05, 3.63) is 28.5 Å². The van der Waals surface area contributed by atoms with E-state index in [1.54, 1.807) is 0 Å². The second-order valence-corrected chi connectivity index (χ2v) is 3.16. The maximum atomic E-state index is 12.1. The molecule has 0 atom stereocenters. The summed E-state index contributed by atoms with van der Waals surface area (Å²) in [5, 5.41) is 3.49. The van der Waals surface area contributed by atoms with E-state index in [0.29, 0.717) is 0 Å². The monoisotopic (exact) mass is 244 g/mol. The lowest BCUT2D eigenvalue weighted by Crippen LogP contribution is -2.08. The van der Waals surface area contributed by atoms with Crippen molar-refractivity contribution in [2.45, 2.75) is 12.7 Å². The van der Waals surface area contributed by atoms with Crippen LogP contribution in [0, 0.1) is 0 Å². The Balaban J connectivity index is 2.79. The van der Waals surface area contributed by atoms with Gasteiger partial charge in [-0.2, -0.15) is 18.3 Å². The van der Waals surface area contributed by atoms with E-state index in [-0.39, 0.29) is 11.6 Å². The van der Waals surface area contributed by atoms with E-state index in [0.717, 1.165) is 16.3 Å². The van der Waals surface area contributed by atoms with Gasteiger partial charge >= 0.3 is 6.18 Å². The highest BCUT2D eigenvalue weighted by Crippen LogP contribution is 2.27. The average molecular weight is 245 g/mol. The van der Waals surface area contributed by atoms with Crippen LogP contribution >= 0.6 is 23.2 Å². The summed E-state index contributed by atoms with van der Waals surface area (Å²) in [5.41, 5.74) is 0.132. The second-order valence-electron chi connectivity index (χ2n) is 2.45. The summed E-state index contributed by atoms with van der Waals surface area (Å²) >= 11 is 10.8. The van der Waals surface area contributed by atoms with Gasteiger partial charge in [-0.3, -0.25) is 4.68 Å². The molecule has 0 spiro atoms. The van der Waals surface area contributed by atoms with Crippen LogP contribution in [0.1, 0.15) is 5.69 Å². The number of halogens is 5. The molecule has 0 aliphatic heterocycles. The van der Waals surface area contributed by atoms with Crippen molar-refractivity contribution >= 4 is 23.2 Å². The summed E-state index contributed by atoms with van der Waals surface area (Å²) in [6, 6.07) is 0.873. The SMILES string of the molecule is FC(F)(F)c1ccn(C/C(Cl)=C/Cl)n1. The standard InChI is InChI=1S/C7H5Cl2F3N2/c8-3-5(9)4-14-2-1-6(13-14)7(10,11)12/h1-3H,4H2/b5-3-. The number of nitrogens with zero attached hydrogens (tertiary/aromatic N) is 2. The van der Waals surface area contributed by atoms with Gasteiger partial charge in [0.2, 0.25) is 0 Å². The fourth-order valence-corrected chi connectivity index (χ4v) is 0.982. The van der Waals surface area contributed by atoms with E-state index in [9.17, 15) is 13.2 Å². The van der Waals surface area contributed by atoms with Gasteiger partial charge in [-0.1, -0.05) is 23.2 Å². The van der Waals surface area contributed by atoms with Crippen LogP contribution in [0.3, 0.4) is 0 Å². The summed E-state index contributed by atoms with van der Waals surface area (Å²) in [5.74, 6) is 0. The van der Waals surface area contributed by atoms with E-state index in [1.807, 2.05) is 0 Å². The van der Waals surface area contributed by atoms with Crippen LogP contribution in [-0.4, -0.2) is 9.78 Å². The molecule has 0 fully saturated rings. The number of alkyl halides is 3. The summed E-state index contributed by atoms with van der Waals surface area (Å²) in [7, 11) is 0. The molecule has 78 valence electrons. The number of aromatic nitrogens is 2. The van der Waals surface area contributed by atoms with Gasteiger partial charge in [0.25, 0.3) is 0 Å². The van der Waals surface area contributed by atoms with Gasteiger partial charge in [0.05, 0.1) is 11.6 Å². The van der Waals surface area contributed by atoms with Crippen LogP contribution < -0.4 is 0 Å². The molecule has 0 unspecified atom stereocenters. The second kappa shape index (κ2) is 4.23. The molecule has 0 amide bonds. The molecular formula is C7H5Cl2F3N2. The zero-order valence-corrected chi connectivity index (χ0v) is 8.24. The minimum atomic E-state index is -4.43. The maximum Gasteiger partial charge on any atom is 0.435 e. The lowest BCUT2D eigenvalue weighted by molar-refractivity contribution is -0.141. The minimum Gasteiger partial charge on any atom is -0.267 e. The quantitative estimate of drug-likeness (QED) is 0.782. The zero-order valence-electron chi connectivity index (χ0n) is 6.72. The third-order valence-electron chi connectivity index (χ3n) is 1.36. The molecule has 14 heavy (non-hydrogen) atoms. The highest BCUT2D eigenvalue weighted by molar-refractivity contribution is 6.36. The first-order chi connectivity index (χ1) is 6.43. The van der Waals surface area contributed by atoms with Gasteiger partial charge in [0.15, 0.2) is 5.69 Å². The van der Waals surface area contributed by atoms with Crippen LogP contribution in [0.5, 0.6) is 0 Å². The van der Waals surface area contributed by atoms with E-state index < -0.39 is 11.9 Å². The van der Waals surface area contributed by atoms with Crippen LogP contribution in [0.2, 0.25) is 0 Å². The molecule has 1 aromatic rings. The number of hydrogen-bond acceptors (Lipinski definition) is 1. The van der Waals surface area contributed by atoms with E-state index >= 15 is 0 Å². The highest BCUT2D eigenvalue weighted by Gasteiger charge is 2.33. The normalized spacial score (nSPS) is 13.4. The molecule has 0 saturated carbocycles. The van der Waals surface area contributed by atoms with Crippen LogP contribution in [0.15, 0.2) is 22.8 Å². The minimum absolute atomic E-state index is 0.0289. The summed E-state index contributed by atoms with van der Waals surface area (Å²) < 4.78 is 37.3. The van der Waals surface area contributed by atoms with Gasteiger partial charge in [-0.25, -0.2) is 0 Å². The number of hydrogen-bond donors (Lipinski definition) is 0. The molecule has 0 aromatic carbocycles. The topological polar surface area (TPSA) is 17.8 Å². The largest absolute Gasteiger partial charge is 0.435 e. The molecular weight excluding hydrogens is 240 g/mol. The summed E-state index contributed by atoms with van der Waals surface area (Å²) in [6.45, 7) is 0.0289. The van der Waals surface area contributed by atoms with Gasteiger partial charge in [0.1, 0.15) is 0 Å². The smallest absolute Gasteiger partial charge is 0.267 e.